The van der Waals surface area contributed by atoms with Crippen LogP contribution in [0.2, 0.25) is 5.02 Å². The second kappa shape index (κ2) is 7.21. The zero-order valence-electron chi connectivity index (χ0n) is 14.5. The third-order valence-electron chi connectivity index (χ3n) is 4.15. The van der Waals surface area contributed by atoms with Gasteiger partial charge in [-0.1, -0.05) is 29.8 Å². The molecule has 0 aliphatic carbocycles. The van der Waals surface area contributed by atoms with Crippen LogP contribution >= 0.6 is 11.6 Å². The average molecular weight is 382 g/mol. The first-order valence-corrected chi connectivity index (χ1v) is 8.69. The summed E-state index contributed by atoms with van der Waals surface area (Å²) in [7, 11) is 1.54. The summed E-state index contributed by atoms with van der Waals surface area (Å²) in [6.07, 6.45) is 0. The van der Waals surface area contributed by atoms with Gasteiger partial charge in [0.2, 0.25) is 0 Å². The molecule has 0 aliphatic rings. The number of furan rings is 1. The Kier molecular flexibility index (Phi) is 4.60. The second-order valence-corrected chi connectivity index (χ2v) is 6.35. The average Bonchev–Trinajstić information content (AvgIpc) is 3.04. The summed E-state index contributed by atoms with van der Waals surface area (Å²) in [4.78, 5) is 12.1. The van der Waals surface area contributed by atoms with Gasteiger partial charge in [-0.05, 0) is 42.5 Å². The normalized spacial score (nSPS) is 10.9. The maximum absolute atomic E-state index is 12.1. The van der Waals surface area contributed by atoms with Gasteiger partial charge in [0.1, 0.15) is 22.7 Å². The third kappa shape index (κ3) is 3.55. The maximum atomic E-state index is 12.1. The van der Waals surface area contributed by atoms with Crippen molar-refractivity contribution in [3.05, 3.63) is 65.7 Å². The molecule has 0 fully saturated rings. The van der Waals surface area contributed by atoms with Crippen molar-refractivity contribution in [1.82, 2.24) is 0 Å². The van der Waals surface area contributed by atoms with Crippen LogP contribution < -0.4 is 14.8 Å². The highest BCUT2D eigenvalue weighted by Crippen LogP contribution is 2.31. The molecule has 0 saturated carbocycles. The van der Waals surface area contributed by atoms with Gasteiger partial charge >= 0.3 is 0 Å². The van der Waals surface area contributed by atoms with E-state index in [1.807, 2.05) is 36.4 Å². The number of benzene rings is 3. The molecule has 1 N–H and O–H groups in total. The number of halogens is 1. The van der Waals surface area contributed by atoms with Gasteiger partial charge in [0.25, 0.3) is 5.91 Å². The zero-order valence-corrected chi connectivity index (χ0v) is 15.2. The highest BCUT2D eigenvalue weighted by atomic mass is 35.5. The molecule has 1 amide bonds. The van der Waals surface area contributed by atoms with Crippen molar-refractivity contribution in [2.24, 2.45) is 0 Å². The van der Waals surface area contributed by atoms with Crippen LogP contribution in [0.4, 0.5) is 5.69 Å². The number of carbonyl (C=O) groups is 1. The van der Waals surface area contributed by atoms with Crippen LogP contribution in [-0.2, 0) is 4.79 Å². The maximum Gasteiger partial charge on any atom is 0.262 e. The largest absolute Gasteiger partial charge is 0.495 e. The van der Waals surface area contributed by atoms with E-state index in [1.165, 1.54) is 7.11 Å². The van der Waals surface area contributed by atoms with Crippen molar-refractivity contribution in [2.45, 2.75) is 0 Å². The molecule has 27 heavy (non-hydrogen) atoms. The van der Waals surface area contributed by atoms with Gasteiger partial charge in [-0.2, -0.15) is 0 Å². The number of fused-ring (bicyclic) bond motifs is 3. The van der Waals surface area contributed by atoms with Gasteiger partial charge < -0.3 is 19.2 Å². The lowest BCUT2D eigenvalue weighted by atomic mass is 10.1. The Bertz CT molecular complexity index is 1140. The van der Waals surface area contributed by atoms with Gasteiger partial charge in [-0.15, -0.1) is 0 Å². The molecule has 0 aliphatic heterocycles. The molecule has 0 bridgehead atoms. The molecule has 1 aromatic heterocycles. The number of anilines is 1. The third-order valence-corrected chi connectivity index (χ3v) is 4.45. The number of methoxy groups -OCH3 is 1. The van der Waals surface area contributed by atoms with Crippen LogP contribution in [0, 0.1) is 0 Å². The van der Waals surface area contributed by atoms with E-state index in [4.69, 9.17) is 25.5 Å². The number of amides is 1. The van der Waals surface area contributed by atoms with Crippen LogP contribution in [0.15, 0.2) is 65.1 Å². The molecule has 136 valence electrons. The number of carbonyl (C=O) groups excluding carboxylic acids is 1. The van der Waals surface area contributed by atoms with E-state index in [0.717, 1.165) is 21.9 Å². The van der Waals surface area contributed by atoms with Crippen molar-refractivity contribution in [3.63, 3.8) is 0 Å². The summed E-state index contributed by atoms with van der Waals surface area (Å²) in [5.74, 6) is 0.858. The van der Waals surface area contributed by atoms with Gasteiger partial charge in [0, 0.05) is 16.5 Å². The number of nitrogens with one attached hydrogen (secondary N) is 1. The molecular weight excluding hydrogens is 366 g/mol. The summed E-state index contributed by atoms with van der Waals surface area (Å²) in [6.45, 7) is -0.120. The van der Waals surface area contributed by atoms with Crippen LogP contribution in [0.3, 0.4) is 0 Å². The molecule has 0 unspecified atom stereocenters. The van der Waals surface area contributed by atoms with E-state index in [9.17, 15) is 4.79 Å². The summed E-state index contributed by atoms with van der Waals surface area (Å²) < 4.78 is 16.5. The van der Waals surface area contributed by atoms with Gasteiger partial charge in [-0.25, -0.2) is 0 Å². The highest BCUT2D eigenvalue weighted by Gasteiger charge is 2.10. The monoisotopic (exact) mass is 381 g/mol. The van der Waals surface area contributed by atoms with Crippen LogP contribution in [-0.4, -0.2) is 19.6 Å². The highest BCUT2D eigenvalue weighted by molar-refractivity contribution is 6.32. The Labute approximate surface area is 160 Å². The van der Waals surface area contributed by atoms with Crippen molar-refractivity contribution in [3.8, 4) is 11.5 Å². The topological polar surface area (TPSA) is 60.7 Å². The van der Waals surface area contributed by atoms with E-state index >= 15 is 0 Å². The van der Waals surface area contributed by atoms with Crippen molar-refractivity contribution < 1.29 is 18.7 Å². The molecule has 0 radical (unpaired) electrons. The van der Waals surface area contributed by atoms with E-state index < -0.39 is 0 Å². The summed E-state index contributed by atoms with van der Waals surface area (Å²) in [5.41, 5.74) is 2.17. The van der Waals surface area contributed by atoms with Crippen molar-refractivity contribution in [2.75, 3.05) is 19.0 Å². The Morgan fingerprint density at radius 1 is 1.04 bits per heavy atom. The lowest BCUT2D eigenvalue weighted by Gasteiger charge is -2.09. The number of ether oxygens (including phenoxy) is 2. The number of hydrogen-bond acceptors (Lipinski definition) is 4. The van der Waals surface area contributed by atoms with Crippen LogP contribution in [0.1, 0.15) is 0 Å². The fourth-order valence-electron chi connectivity index (χ4n) is 2.89. The predicted octanol–water partition coefficient (Wildman–Crippen LogP) is 5.27. The van der Waals surface area contributed by atoms with Gasteiger partial charge in [-0.3, -0.25) is 4.79 Å². The fourth-order valence-corrected chi connectivity index (χ4v) is 3.14. The Hall–Kier alpha value is -3.18. The lowest BCUT2D eigenvalue weighted by molar-refractivity contribution is -0.118. The van der Waals surface area contributed by atoms with E-state index in [-0.39, 0.29) is 12.5 Å². The molecule has 4 aromatic rings. The molecule has 0 spiro atoms. The van der Waals surface area contributed by atoms with E-state index in [0.29, 0.717) is 22.2 Å². The number of hydrogen-bond donors (Lipinski definition) is 1. The standard InChI is InChI=1S/C21H16ClNO4/c1-25-20-8-6-13(10-17(20)22)23-21(24)12-26-14-7-9-19-16(11-14)15-4-2-3-5-18(15)27-19/h2-11H,12H2,1H3,(H,23,24). The second-order valence-electron chi connectivity index (χ2n) is 5.94. The SMILES string of the molecule is COc1ccc(NC(=O)COc2ccc3oc4ccccc4c3c2)cc1Cl. The minimum Gasteiger partial charge on any atom is -0.495 e. The molecule has 6 heteroatoms. The first-order valence-electron chi connectivity index (χ1n) is 8.31. The molecule has 1 heterocycles. The van der Waals surface area contributed by atoms with Gasteiger partial charge in [0.15, 0.2) is 6.61 Å². The quantitative estimate of drug-likeness (QED) is 0.512. The lowest BCUT2D eigenvalue weighted by Crippen LogP contribution is -2.20. The Morgan fingerprint density at radius 3 is 2.67 bits per heavy atom. The molecule has 3 aromatic carbocycles. The molecular formula is C21H16ClNO4. The minimum absolute atomic E-state index is 0.120. The first-order chi connectivity index (χ1) is 13.1. The molecule has 0 saturated heterocycles. The molecule has 5 nitrogen and oxygen atoms in total. The van der Waals surface area contributed by atoms with E-state index in [2.05, 4.69) is 5.32 Å². The van der Waals surface area contributed by atoms with Crippen LogP contribution in [0.25, 0.3) is 21.9 Å². The number of rotatable bonds is 5. The van der Waals surface area contributed by atoms with Crippen molar-refractivity contribution >= 4 is 45.1 Å². The number of para-hydroxylation sites is 1. The van der Waals surface area contributed by atoms with Crippen molar-refractivity contribution in [1.29, 1.82) is 0 Å². The van der Waals surface area contributed by atoms with Gasteiger partial charge in [0.05, 0.1) is 12.1 Å². The van der Waals surface area contributed by atoms with E-state index in [1.54, 1.807) is 24.3 Å². The predicted molar refractivity (Wildman–Crippen MR) is 106 cm³/mol. The zero-order chi connectivity index (χ0) is 18.8. The Balaban J connectivity index is 1.45. The summed E-state index contributed by atoms with van der Waals surface area (Å²) in [6, 6.07) is 18.3. The first kappa shape index (κ1) is 17.2. The summed E-state index contributed by atoms with van der Waals surface area (Å²) >= 11 is 6.06. The summed E-state index contributed by atoms with van der Waals surface area (Å²) in [5, 5.41) is 5.13. The Morgan fingerprint density at radius 2 is 1.85 bits per heavy atom. The smallest absolute Gasteiger partial charge is 0.262 e. The fraction of sp³-hybridized carbons (Fsp3) is 0.0952. The molecule has 4 rings (SSSR count). The molecule has 0 atom stereocenters. The minimum atomic E-state index is -0.284. The van der Waals surface area contributed by atoms with Crippen LogP contribution in [0.5, 0.6) is 11.5 Å².